The van der Waals surface area contributed by atoms with Gasteiger partial charge in [-0.15, -0.1) is 0 Å². The molecule has 0 aliphatic heterocycles. The summed E-state index contributed by atoms with van der Waals surface area (Å²) in [5, 5.41) is 16.1. The van der Waals surface area contributed by atoms with Crippen molar-refractivity contribution in [3.8, 4) is 5.75 Å². The quantitative estimate of drug-likeness (QED) is 0.304. The number of nitrogens with zero attached hydrogens (tertiary/aromatic N) is 1. The summed E-state index contributed by atoms with van der Waals surface area (Å²) in [6.07, 6.45) is 1.50. The van der Waals surface area contributed by atoms with Gasteiger partial charge in [0.25, 0.3) is 0 Å². The molecule has 0 spiro atoms. The van der Waals surface area contributed by atoms with E-state index in [0.29, 0.717) is 29.9 Å². The third-order valence-corrected chi connectivity index (χ3v) is 6.60. The van der Waals surface area contributed by atoms with Crippen molar-refractivity contribution in [1.29, 1.82) is 0 Å². The lowest BCUT2D eigenvalue weighted by atomic mass is 9.92. The van der Waals surface area contributed by atoms with E-state index in [1.807, 2.05) is 41.5 Å². The van der Waals surface area contributed by atoms with Crippen LogP contribution in [0.25, 0.3) is 0 Å². The number of carbonyl (C=O) groups is 3. The lowest BCUT2D eigenvalue weighted by Crippen LogP contribution is -2.58. The standard InChI is InChI=1S/C31H53N3O5/c1-13-20(4)25(32-29(38)39-31(10,11)12)28(37)34(22(6)15-14-19(2)3)26(27(36)33-30(7,8)9)23-16-17-24(35)21(5)18-23/h16-20,22,25-26,35H,13-15H2,1-12H3,(H,32,38)(H,33,36). The molecule has 1 aromatic rings. The zero-order valence-corrected chi connectivity index (χ0v) is 26.3. The van der Waals surface area contributed by atoms with E-state index >= 15 is 0 Å². The van der Waals surface area contributed by atoms with Gasteiger partial charge in [0.05, 0.1) is 0 Å². The fraction of sp³-hybridized carbons (Fsp3) is 0.710. The minimum Gasteiger partial charge on any atom is -0.508 e. The normalized spacial score (nSPS) is 15.2. The molecule has 0 saturated heterocycles. The molecule has 4 unspecified atom stereocenters. The molecular weight excluding hydrogens is 494 g/mol. The molecule has 0 fully saturated rings. The number of aromatic hydroxyl groups is 1. The van der Waals surface area contributed by atoms with Gasteiger partial charge in [-0.3, -0.25) is 9.59 Å². The number of phenols is 1. The number of aryl methyl sites for hydroxylation is 1. The molecule has 0 radical (unpaired) electrons. The lowest BCUT2D eigenvalue weighted by molar-refractivity contribution is -0.146. The summed E-state index contributed by atoms with van der Waals surface area (Å²) in [6.45, 7) is 22.8. The molecule has 0 aliphatic carbocycles. The number of carbonyl (C=O) groups excluding carboxylic acids is 3. The monoisotopic (exact) mass is 547 g/mol. The number of alkyl carbamates (subject to hydrolysis) is 1. The van der Waals surface area contributed by atoms with Crippen LogP contribution in [-0.4, -0.2) is 51.1 Å². The number of benzene rings is 1. The smallest absolute Gasteiger partial charge is 0.408 e. The highest BCUT2D eigenvalue weighted by atomic mass is 16.6. The average Bonchev–Trinajstić information content (AvgIpc) is 2.78. The SMILES string of the molecule is CCC(C)C(NC(=O)OC(C)(C)C)C(=O)N(C(C)CCC(C)C)C(C(=O)NC(C)(C)C)c1ccc(O)c(C)c1. The van der Waals surface area contributed by atoms with Gasteiger partial charge in [-0.25, -0.2) is 4.79 Å². The Hall–Kier alpha value is -2.77. The van der Waals surface area contributed by atoms with Crippen LogP contribution in [0.3, 0.4) is 0 Å². The molecule has 0 saturated carbocycles. The zero-order chi connectivity index (χ0) is 30.3. The summed E-state index contributed by atoms with van der Waals surface area (Å²) in [5.41, 5.74) is -0.0661. The van der Waals surface area contributed by atoms with Crippen molar-refractivity contribution in [3.63, 3.8) is 0 Å². The average molecular weight is 548 g/mol. The van der Waals surface area contributed by atoms with E-state index in [9.17, 15) is 19.5 Å². The molecule has 1 aromatic carbocycles. The molecule has 4 atom stereocenters. The molecule has 8 nitrogen and oxygen atoms in total. The molecule has 3 amide bonds. The highest BCUT2D eigenvalue weighted by Gasteiger charge is 2.41. The first kappa shape index (κ1) is 34.3. The first-order valence-corrected chi connectivity index (χ1v) is 14.2. The second-order valence-corrected chi connectivity index (χ2v) is 13.3. The van der Waals surface area contributed by atoms with E-state index in [-0.39, 0.29) is 29.5 Å². The molecule has 0 bridgehead atoms. The van der Waals surface area contributed by atoms with Crippen molar-refractivity contribution in [2.45, 2.75) is 132 Å². The van der Waals surface area contributed by atoms with Crippen molar-refractivity contribution in [3.05, 3.63) is 29.3 Å². The molecule has 39 heavy (non-hydrogen) atoms. The first-order chi connectivity index (χ1) is 17.8. The summed E-state index contributed by atoms with van der Waals surface area (Å²) < 4.78 is 5.49. The van der Waals surface area contributed by atoms with Crippen molar-refractivity contribution in [2.75, 3.05) is 0 Å². The second-order valence-electron chi connectivity index (χ2n) is 13.3. The molecular formula is C31H53N3O5. The van der Waals surface area contributed by atoms with Crippen LogP contribution in [0.1, 0.15) is 113 Å². The molecule has 1 rings (SSSR count). The number of hydrogen-bond acceptors (Lipinski definition) is 5. The highest BCUT2D eigenvalue weighted by molar-refractivity contribution is 5.92. The van der Waals surface area contributed by atoms with E-state index in [4.69, 9.17) is 4.74 Å². The Labute approximate surface area is 236 Å². The van der Waals surface area contributed by atoms with Crippen molar-refractivity contribution < 1.29 is 24.2 Å². The van der Waals surface area contributed by atoms with Crippen LogP contribution < -0.4 is 10.6 Å². The largest absolute Gasteiger partial charge is 0.508 e. The van der Waals surface area contributed by atoms with Crippen LogP contribution in [0.2, 0.25) is 0 Å². The second kappa shape index (κ2) is 14.0. The Balaban J connectivity index is 3.74. The van der Waals surface area contributed by atoms with Crippen molar-refractivity contribution in [2.24, 2.45) is 11.8 Å². The fourth-order valence-electron chi connectivity index (χ4n) is 4.32. The van der Waals surface area contributed by atoms with Crippen LogP contribution in [0.5, 0.6) is 5.75 Å². The Kier molecular flexibility index (Phi) is 12.3. The summed E-state index contributed by atoms with van der Waals surface area (Å²) in [6, 6.07) is 2.81. The molecule has 8 heteroatoms. The first-order valence-electron chi connectivity index (χ1n) is 14.2. The van der Waals surface area contributed by atoms with Crippen LogP contribution in [-0.2, 0) is 14.3 Å². The number of hydrogen-bond donors (Lipinski definition) is 3. The van der Waals surface area contributed by atoms with Gasteiger partial charge >= 0.3 is 6.09 Å². The summed E-state index contributed by atoms with van der Waals surface area (Å²) in [4.78, 5) is 42.9. The summed E-state index contributed by atoms with van der Waals surface area (Å²) in [5.74, 6) is -0.350. The van der Waals surface area contributed by atoms with Gasteiger partial charge in [0.2, 0.25) is 11.8 Å². The van der Waals surface area contributed by atoms with E-state index < -0.39 is 29.3 Å². The van der Waals surface area contributed by atoms with Gasteiger partial charge in [0.15, 0.2) is 0 Å². The van der Waals surface area contributed by atoms with Gasteiger partial charge in [0, 0.05) is 11.6 Å². The molecule has 222 valence electrons. The third kappa shape index (κ3) is 11.1. The highest BCUT2D eigenvalue weighted by Crippen LogP contribution is 2.31. The van der Waals surface area contributed by atoms with Crippen LogP contribution in [0, 0.1) is 18.8 Å². The predicted octanol–water partition coefficient (Wildman–Crippen LogP) is 6.25. The number of phenolic OH excluding ortho intramolecular Hbond substituents is 1. The Morgan fingerprint density at radius 3 is 2.05 bits per heavy atom. The Bertz CT molecular complexity index is 977. The Morgan fingerprint density at radius 2 is 1.59 bits per heavy atom. The number of nitrogens with one attached hydrogen (secondary N) is 2. The van der Waals surface area contributed by atoms with Crippen molar-refractivity contribution in [1.82, 2.24) is 15.5 Å². The van der Waals surface area contributed by atoms with Gasteiger partial charge in [-0.05, 0) is 103 Å². The van der Waals surface area contributed by atoms with Crippen LogP contribution in [0.4, 0.5) is 4.79 Å². The molecule has 0 heterocycles. The molecule has 0 aliphatic rings. The maximum absolute atomic E-state index is 14.5. The number of amides is 3. The molecule has 0 aromatic heterocycles. The third-order valence-electron chi connectivity index (χ3n) is 6.60. The maximum Gasteiger partial charge on any atom is 0.408 e. The summed E-state index contributed by atoms with van der Waals surface area (Å²) in [7, 11) is 0. The minimum absolute atomic E-state index is 0.114. The topological polar surface area (TPSA) is 108 Å². The lowest BCUT2D eigenvalue weighted by Gasteiger charge is -2.41. The van der Waals surface area contributed by atoms with E-state index in [1.165, 1.54) is 0 Å². The maximum atomic E-state index is 14.5. The van der Waals surface area contributed by atoms with E-state index in [0.717, 1.165) is 6.42 Å². The molecule has 3 N–H and O–H groups in total. The number of ether oxygens (including phenoxy) is 1. The van der Waals surface area contributed by atoms with E-state index in [2.05, 4.69) is 24.5 Å². The number of rotatable bonds is 11. The van der Waals surface area contributed by atoms with Crippen LogP contribution in [0.15, 0.2) is 18.2 Å². The van der Waals surface area contributed by atoms with Crippen LogP contribution >= 0.6 is 0 Å². The van der Waals surface area contributed by atoms with E-state index in [1.54, 1.807) is 50.8 Å². The summed E-state index contributed by atoms with van der Waals surface area (Å²) >= 11 is 0. The van der Waals surface area contributed by atoms with Gasteiger partial charge in [0.1, 0.15) is 23.4 Å². The fourth-order valence-corrected chi connectivity index (χ4v) is 4.32. The zero-order valence-electron chi connectivity index (χ0n) is 26.3. The Morgan fingerprint density at radius 1 is 1.00 bits per heavy atom. The van der Waals surface area contributed by atoms with Gasteiger partial charge in [-0.1, -0.05) is 40.2 Å². The van der Waals surface area contributed by atoms with Gasteiger partial charge in [-0.2, -0.15) is 0 Å². The minimum atomic E-state index is -0.967. The van der Waals surface area contributed by atoms with Gasteiger partial charge < -0.3 is 25.4 Å². The van der Waals surface area contributed by atoms with Crippen molar-refractivity contribution >= 4 is 17.9 Å². The predicted molar refractivity (Wildman–Crippen MR) is 156 cm³/mol.